The highest BCUT2D eigenvalue weighted by Crippen LogP contribution is 2.44. The second-order valence-corrected chi connectivity index (χ2v) is 8.45. The van der Waals surface area contributed by atoms with E-state index >= 15 is 0 Å². The molecule has 1 N–H and O–H groups in total. The Bertz CT molecular complexity index is 639. The molecule has 0 aromatic heterocycles. The third-order valence-electron chi connectivity index (χ3n) is 4.76. The third-order valence-corrected chi connectivity index (χ3v) is 6.47. The molecular weight excluding hydrogens is 302 g/mol. The zero-order valence-corrected chi connectivity index (χ0v) is 13.2. The molecule has 2 fully saturated rings. The number of hydrogen-bond donors (Lipinski definition) is 1. The Balaban J connectivity index is 1.61. The van der Waals surface area contributed by atoms with Gasteiger partial charge >= 0.3 is 5.97 Å². The topological polar surface area (TPSA) is 74.7 Å². The van der Waals surface area contributed by atoms with E-state index in [9.17, 15) is 18.3 Å². The maximum absolute atomic E-state index is 12.3. The van der Waals surface area contributed by atoms with Crippen LogP contribution in [0.1, 0.15) is 12.8 Å². The second kappa shape index (κ2) is 6.01. The smallest absolute Gasteiger partial charge is 0.308 e. The van der Waals surface area contributed by atoms with E-state index in [4.69, 9.17) is 0 Å². The summed E-state index contributed by atoms with van der Waals surface area (Å²) in [6.45, 7) is 1.59. The number of nitrogens with zero attached hydrogens (tertiary/aromatic N) is 1. The quantitative estimate of drug-likeness (QED) is 0.859. The minimum absolute atomic E-state index is 0.0424. The first-order chi connectivity index (χ1) is 10.5. The highest BCUT2D eigenvalue weighted by atomic mass is 32.2. The number of rotatable bonds is 6. The van der Waals surface area contributed by atoms with Gasteiger partial charge in [0, 0.05) is 19.6 Å². The van der Waals surface area contributed by atoms with Crippen molar-refractivity contribution >= 4 is 15.8 Å². The van der Waals surface area contributed by atoms with E-state index in [1.54, 1.807) is 30.3 Å². The van der Waals surface area contributed by atoms with Gasteiger partial charge in [0.25, 0.3) is 0 Å². The van der Waals surface area contributed by atoms with Gasteiger partial charge in [-0.25, -0.2) is 8.42 Å². The van der Waals surface area contributed by atoms with Gasteiger partial charge in [-0.1, -0.05) is 18.2 Å². The molecule has 6 heteroatoms. The molecule has 1 aliphatic carbocycles. The van der Waals surface area contributed by atoms with Gasteiger partial charge < -0.3 is 10.0 Å². The van der Waals surface area contributed by atoms with Crippen LogP contribution in [0.25, 0.3) is 0 Å². The third kappa shape index (κ3) is 3.33. The molecule has 0 bridgehead atoms. The lowest BCUT2D eigenvalue weighted by Gasteiger charge is -2.15. The van der Waals surface area contributed by atoms with Gasteiger partial charge in [0.2, 0.25) is 0 Å². The second-order valence-electron chi connectivity index (χ2n) is 6.34. The summed E-state index contributed by atoms with van der Waals surface area (Å²) in [6.07, 6.45) is 2.23. The highest BCUT2D eigenvalue weighted by Gasteiger charge is 2.45. The van der Waals surface area contributed by atoms with Crippen molar-refractivity contribution in [1.82, 2.24) is 4.90 Å². The summed E-state index contributed by atoms with van der Waals surface area (Å²) in [5.41, 5.74) is 0. The number of benzene rings is 1. The minimum atomic E-state index is -3.30. The summed E-state index contributed by atoms with van der Waals surface area (Å²) in [7, 11) is -3.30. The molecule has 1 aromatic rings. The Hall–Kier alpha value is -1.40. The summed E-state index contributed by atoms with van der Waals surface area (Å²) < 4.78 is 24.6. The van der Waals surface area contributed by atoms with Crippen LogP contribution >= 0.6 is 0 Å². The first-order valence-corrected chi connectivity index (χ1v) is 9.35. The van der Waals surface area contributed by atoms with E-state index in [0.29, 0.717) is 30.4 Å². The van der Waals surface area contributed by atoms with Gasteiger partial charge in [0.15, 0.2) is 9.84 Å². The zero-order chi connectivity index (χ0) is 15.7. The first-order valence-electron chi connectivity index (χ1n) is 7.70. The molecule has 1 heterocycles. The average molecular weight is 323 g/mol. The molecule has 1 aromatic carbocycles. The van der Waals surface area contributed by atoms with Crippen molar-refractivity contribution in [3.05, 3.63) is 30.3 Å². The summed E-state index contributed by atoms with van der Waals surface area (Å²) in [4.78, 5) is 13.7. The maximum Gasteiger partial charge on any atom is 0.308 e. The lowest BCUT2D eigenvalue weighted by Crippen LogP contribution is -2.28. The predicted octanol–water partition coefficient (Wildman–Crippen LogP) is 1.50. The molecule has 5 nitrogen and oxygen atoms in total. The van der Waals surface area contributed by atoms with Crippen LogP contribution in [0.4, 0.5) is 0 Å². The fraction of sp³-hybridized carbons (Fsp3) is 0.562. The number of aliphatic carboxylic acids is 1. The summed E-state index contributed by atoms with van der Waals surface area (Å²) >= 11 is 0. The van der Waals surface area contributed by atoms with Crippen molar-refractivity contribution in [2.75, 3.05) is 25.4 Å². The summed E-state index contributed by atoms with van der Waals surface area (Å²) in [5, 5.41) is 9.34. The first kappa shape index (κ1) is 15.5. The molecule has 2 aliphatic rings. The van der Waals surface area contributed by atoms with Crippen molar-refractivity contribution in [2.45, 2.75) is 17.7 Å². The Morgan fingerprint density at radius 1 is 1.18 bits per heavy atom. The fourth-order valence-corrected chi connectivity index (χ4v) is 4.66. The largest absolute Gasteiger partial charge is 0.481 e. The van der Waals surface area contributed by atoms with Gasteiger partial charge in [-0.05, 0) is 36.8 Å². The highest BCUT2D eigenvalue weighted by molar-refractivity contribution is 7.91. The maximum atomic E-state index is 12.3. The fourth-order valence-electron chi connectivity index (χ4n) is 3.35. The Kier molecular flexibility index (Phi) is 4.23. The minimum Gasteiger partial charge on any atom is -0.481 e. The van der Waals surface area contributed by atoms with Crippen LogP contribution in [-0.4, -0.2) is 49.8 Å². The standard InChI is InChI=1S/C16H21NO4S/c18-16(19)15-11-17(10-14(15)12-6-7-12)8-9-22(20,21)13-4-2-1-3-5-13/h1-5,12,14-15H,6-11H2,(H,18,19)/t14-,15+/m0/s1. The van der Waals surface area contributed by atoms with Crippen molar-refractivity contribution in [2.24, 2.45) is 17.8 Å². The molecule has 0 radical (unpaired) electrons. The van der Waals surface area contributed by atoms with Crippen molar-refractivity contribution in [1.29, 1.82) is 0 Å². The van der Waals surface area contributed by atoms with Crippen molar-refractivity contribution in [3.63, 3.8) is 0 Å². The van der Waals surface area contributed by atoms with Crippen LogP contribution in [-0.2, 0) is 14.6 Å². The number of carboxylic acids is 1. The van der Waals surface area contributed by atoms with Crippen LogP contribution in [0.5, 0.6) is 0 Å². The predicted molar refractivity (Wildman–Crippen MR) is 82.3 cm³/mol. The molecule has 1 saturated carbocycles. The van der Waals surface area contributed by atoms with E-state index < -0.39 is 15.8 Å². The van der Waals surface area contributed by atoms with Crippen LogP contribution in [0.3, 0.4) is 0 Å². The normalized spacial score (nSPS) is 26.2. The van der Waals surface area contributed by atoms with E-state index in [1.807, 2.05) is 4.90 Å². The number of carboxylic acid groups (broad SMARTS) is 1. The monoisotopic (exact) mass is 323 g/mol. The van der Waals surface area contributed by atoms with Gasteiger partial charge in [0.05, 0.1) is 16.6 Å². The lowest BCUT2D eigenvalue weighted by atomic mass is 9.92. The molecule has 2 atom stereocenters. The zero-order valence-electron chi connectivity index (χ0n) is 12.4. The van der Waals surface area contributed by atoms with Crippen molar-refractivity contribution in [3.8, 4) is 0 Å². The van der Waals surface area contributed by atoms with Gasteiger partial charge in [-0.3, -0.25) is 4.79 Å². The number of hydrogen-bond acceptors (Lipinski definition) is 4. The van der Waals surface area contributed by atoms with Gasteiger partial charge in [-0.2, -0.15) is 0 Å². The molecular formula is C16H21NO4S. The Morgan fingerprint density at radius 3 is 2.45 bits per heavy atom. The molecule has 0 unspecified atom stereocenters. The molecule has 1 aliphatic heterocycles. The van der Waals surface area contributed by atoms with E-state index in [2.05, 4.69) is 0 Å². The van der Waals surface area contributed by atoms with Crippen molar-refractivity contribution < 1.29 is 18.3 Å². The molecule has 120 valence electrons. The molecule has 3 rings (SSSR count). The molecule has 0 amide bonds. The Labute approximate surface area is 130 Å². The van der Waals surface area contributed by atoms with E-state index in [-0.39, 0.29) is 17.6 Å². The number of likely N-dealkylation sites (tertiary alicyclic amines) is 1. The Morgan fingerprint density at radius 2 is 1.86 bits per heavy atom. The van der Waals surface area contributed by atoms with Crippen LogP contribution < -0.4 is 0 Å². The SMILES string of the molecule is O=C(O)[C@@H]1CN(CCS(=O)(=O)c2ccccc2)C[C@H]1C1CC1. The van der Waals surface area contributed by atoms with Crippen LogP contribution in [0.15, 0.2) is 35.2 Å². The number of sulfone groups is 1. The summed E-state index contributed by atoms with van der Waals surface area (Å²) in [5.74, 6) is -0.327. The molecule has 0 spiro atoms. The molecule has 1 saturated heterocycles. The summed E-state index contributed by atoms with van der Waals surface area (Å²) in [6, 6.07) is 8.43. The van der Waals surface area contributed by atoms with E-state index in [0.717, 1.165) is 12.8 Å². The number of carbonyl (C=O) groups is 1. The van der Waals surface area contributed by atoms with Crippen LogP contribution in [0, 0.1) is 17.8 Å². The average Bonchev–Trinajstić information content (AvgIpc) is 3.25. The lowest BCUT2D eigenvalue weighted by molar-refractivity contribution is -0.142. The van der Waals surface area contributed by atoms with Crippen LogP contribution in [0.2, 0.25) is 0 Å². The van der Waals surface area contributed by atoms with E-state index in [1.165, 1.54) is 0 Å². The van der Waals surface area contributed by atoms with Gasteiger partial charge in [0.1, 0.15) is 0 Å². The molecule has 22 heavy (non-hydrogen) atoms. The van der Waals surface area contributed by atoms with Gasteiger partial charge in [-0.15, -0.1) is 0 Å².